The maximum Gasteiger partial charge on any atom is 0.399 e. The van der Waals surface area contributed by atoms with Crippen LogP contribution in [0, 0.1) is 5.92 Å². The summed E-state index contributed by atoms with van der Waals surface area (Å²) in [6.07, 6.45) is -5.35. The average molecular weight is 182 g/mol. The zero-order valence-electron chi connectivity index (χ0n) is 6.73. The Kier molecular flexibility index (Phi) is 3.42. The summed E-state index contributed by atoms with van der Waals surface area (Å²) >= 11 is 0. The van der Waals surface area contributed by atoms with Crippen LogP contribution in [0.15, 0.2) is 0 Å². The van der Waals surface area contributed by atoms with Crippen LogP contribution in [0.5, 0.6) is 0 Å². The van der Waals surface area contributed by atoms with E-state index in [1.54, 1.807) is 0 Å². The first-order valence-electron chi connectivity index (χ1n) is 3.31. The van der Waals surface area contributed by atoms with E-state index in [1.807, 2.05) is 0 Å². The van der Waals surface area contributed by atoms with E-state index in [4.69, 9.17) is 0 Å². The van der Waals surface area contributed by atoms with Crippen molar-refractivity contribution in [2.24, 2.45) is 5.92 Å². The third-order valence-electron chi connectivity index (χ3n) is 1.38. The van der Waals surface area contributed by atoms with Gasteiger partial charge in [0.25, 0.3) is 0 Å². The monoisotopic (exact) mass is 182 g/mol. The van der Waals surface area contributed by atoms with Crippen molar-refractivity contribution < 1.29 is 22.8 Å². The first-order chi connectivity index (χ1) is 5.25. The Labute approximate surface area is 67.7 Å². The number of halogens is 3. The van der Waals surface area contributed by atoms with Gasteiger partial charge in [0.1, 0.15) is 17.5 Å². The van der Waals surface area contributed by atoms with Gasteiger partial charge in [0.15, 0.2) is 0 Å². The summed E-state index contributed by atoms with van der Waals surface area (Å²) in [5, 5.41) is 0. The molecule has 12 heavy (non-hydrogen) atoms. The second-order valence-electron chi connectivity index (χ2n) is 2.61. The van der Waals surface area contributed by atoms with Crippen molar-refractivity contribution in [3.05, 3.63) is 0 Å². The number of carbonyl (C=O) groups excluding carboxylic acids is 2. The minimum atomic E-state index is -4.60. The summed E-state index contributed by atoms with van der Waals surface area (Å²) in [6, 6.07) is 0. The normalized spacial score (nSPS) is 14.1. The summed E-state index contributed by atoms with van der Waals surface area (Å²) in [5.41, 5.74) is 0. The number of Topliss-reactive ketones (excluding diaryl/α,β-unsaturated/α-hetero) is 2. The van der Waals surface area contributed by atoms with Crippen LogP contribution in [-0.4, -0.2) is 17.7 Å². The Hall–Kier alpha value is -0.870. The fourth-order valence-electron chi connectivity index (χ4n) is 0.777. The molecule has 70 valence electrons. The minimum absolute atomic E-state index is 0.632. The summed E-state index contributed by atoms with van der Waals surface area (Å²) in [5.74, 6) is -3.78. The lowest BCUT2D eigenvalue weighted by molar-refractivity contribution is -0.182. The number of ketones is 2. The third-order valence-corrected chi connectivity index (χ3v) is 1.38. The van der Waals surface area contributed by atoms with Crippen molar-refractivity contribution in [2.45, 2.75) is 26.4 Å². The van der Waals surface area contributed by atoms with Gasteiger partial charge in [-0.25, -0.2) is 0 Å². The molecule has 0 aliphatic carbocycles. The van der Waals surface area contributed by atoms with Gasteiger partial charge in [-0.05, 0) is 13.8 Å². The highest BCUT2D eigenvalue weighted by Crippen LogP contribution is 2.29. The number of rotatable bonds is 3. The SMILES string of the molecule is CC(=O)CC(C(C)=O)C(F)(F)F. The lowest BCUT2D eigenvalue weighted by Crippen LogP contribution is -2.30. The third kappa shape index (κ3) is 3.50. The predicted molar refractivity (Wildman–Crippen MR) is 35.5 cm³/mol. The van der Waals surface area contributed by atoms with Gasteiger partial charge in [-0.1, -0.05) is 0 Å². The molecule has 0 aromatic heterocycles. The molecule has 0 heterocycles. The molecule has 0 radical (unpaired) electrons. The van der Waals surface area contributed by atoms with Crippen LogP contribution >= 0.6 is 0 Å². The topological polar surface area (TPSA) is 34.1 Å². The standard InChI is InChI=1S/C7H9F3O2/c1-4(11)3-6(5(2)12)7(8,9)10/h6H,3H2,1-2H3. The number of hydrogen-bond acceptors (Lipinski definition) is 2. The molecule has 0 fully saturated rings. The molecule has 0 aliphatic heterocycles. The first-order valence-corrected chi connectivity index (χ1v) is 3.31. The summed E-state index contributed by atoms with van der Waals surface area (Å²) in [6.45, 7) is 1.86. The molecule has 0 aromatic carbocycles. The molecule has 0 aromatic rings. The van der Waals surface area contributed by atoms with Crippen molar-refractivity contribution in [1.29, 1.82) is 0 Å². The highest BCUT2D eigenvalue weighted by atomic mass is 19.4. The quantitative estimate of drug-likeness (QED) is 0.666. The van der Waals surface area contributed by atoms with Gasteiger partial charge in [-0.3, -0.25) is 9.59 Å². The van der Waals surface area contributed by atoms with Crippen molar-refractivity contribution in [3.8, 4) is 0 Å². The lowest BCUT2D eigenvalue weighted by atomic mass is 9.99. The molecular formula is C7H9F3O2. The zero-order chi connectivity index (χ0) is 9.94. The zero-order valence-corrected chi connectivity index (χ0v) is 6.73. The second kappa shape index (κ2) is 3.69. The molecule has 0 rings (SSSR count). The molecule has 1 atom stereocenters. The predicted octanol–water partition coefficient (Wildman–Crippen LogP) is 1.73. The summed E-state index contributed by atoms with van der Waals surface area (Å²) in [7, 11) is 0. The van der Waals surface area contributed by atoms with Gasteiger partial charge in [-0.2, -0.15) is 13.2 Å². The van der Waals surface area contributed by atoms with Crippen LogP contribution in [0.1, 0.15) is 20.3 Å². The van der Waals surface area contributed by atoms with E-state index in [0.717, 1.165) is 13.8 Å². The van der Waals surface area contributed by atoms with E-state index in [1.165, 1.54) is 0 Å². The van der Waals surface area contributed by atoms with Crippen molar-refractivity contribution in [1.82, 2.24) is 0 Å². The Bertz CT molecular complexity index is 195. The molecule has 1 unspecified atom stereocenters. The van der Waals surface area contributed by atoms with Gasteiger partial charge in [-0.15, -0.1) is 0 Å². The molecule has 0 aliphatic rings. The smallest absolute Gasteiger partial charge is 0.300 e. The van der Waals surface area contributed by atoms with Gasteiger partial charge < -0.3 is 0 Å². The molecule has 0 N–H and O–H groups in total. The van der Waals surface area contributed by atoms with Crippen LogP contribution in [0.3, 0.4) is 0 Å². The Balaban J connectivity index is 4.46. The number of carbonyl (C=O) groups is 2. The van der Waals surface area contributed by atoms with E-state index in [9.17, 15) is 22.8 Å². The number of alkyl halides is 3. The average Bonchev–Trinajstić information content (AvgIpc) is 1.79. The molecule has 0 saturated carbocycles. The highest BCUT2D eigenvalue weighted by molar-refractivity contribution is 5.86. The van der Waals surface area contributed by atoms with Crippen molar-refractivity contribution in [3.63, 3.8) is 0 Å². The molecule has 0 saturated heterocycles. The van der Waals surface area contributed by atoms with Crippen LogP contribution in [0.2, 0.25) is 0 Å². The largest absolute Gasteiger partial charge is 0.399 e. The molecular weight excluding hydrogens is 173 g/mol. The van der Waals surface area contributed by atoms with Gasteiger partial charge in [0.05, 0.1) is 0 Å². The van der Waals surface area contributed by atoms with Crippen LogP contribution < -0.4 is 0 Å². The fourth-order valence-corrected chi connectivity index (χ4v) is 0.777. The van der Waals surface area contributed by atoms with Gasteiger partial charge in [0.2, 0.25) is 0 Å². The minimum Gasteiger partial charge on any atom is -0.300 e. The molecule has 5 heteroatoms. The van der Waals surface area contributed by atoms with E-state index in [0.29, 0.717) is 0 Å². The lowest BCUT2D eigenvalue weighted by Gasteiger charge is -2.15. The highest BCUT2D eigenvalue weighted by Gasteiger charge is 2.43. The maximum atomic E-state index is 12.0. The molecule has 0 bridgehead atoms. The maximum absolute atomic E-state index is 12.0. The Morgan fingerprint density at radius 3 is 1.75 bits per heavy atom. The first kappa shape index (κ1) is 11.1. The molecule has 0 spiro atoms. The van der Waals surface area contributed by atoms with Crippen LogP contribution in [0.4, 0.5) is 13.2 Å². The van der Waals surface area contributed by atoms with Gasteiger partial charge in [0, 0.05) is 6.42 Å². The summed E-state index contributed by atoms with van der Waals surface area (Å²) < 4.78 is 35.9. The van der Waals surface area contributed by atoms with E-state index >= 15 is 0 Å². The molecule has 2 nitrogen and oxygen atoms in total. The van der Waals surface area contributed by atoms with E-state index in [2.05, 4.69) is 0 Å². The summed E-state index contributed by atoms with van der Waals surface area (Å²) in [4.78, 5) is 20.8. The van der Waals surface area contributed by atoms with E-state index < -0.39 is 30.1 Å². The van der Waals surface area contributed by atoms with Crippen LogP contribution in [-0.2, 0) is 9.59 Å². The number of hydrogen-bond donors (Lipinski definition) is 0. The van der Waals surface area contributed by atoms with Crippen molar-refractivity contribution >= 4 is 11.6 Å². The molecule has 0 amide bonds. The Morgan fingerprint density at radius 1 is 1.25 bits per heavy atom. The van der Waals surface area contributed by atoms with Crippen LogP contribution in [0.25, 0.3) is 0 Å². The van der Waals surface area contributed by atoms with Crippen molar-refractivity contribution in [2.75, 3.05) is 0 Å². The van der Waals surface area contributed by atoms with E-state index in [-0.39, 0.29) is 0 Å². The van der Waals surface area contributed by atoms with Gasteiger partial charge >= 0.3 is 6.18 Å². The Morgan fingerprint density at radius 2 is 1.67 bits per heavy atom. The fraction of sp³-hybridized carbons (Fsp3) is 0.714. The second-order valence-corrected chi connectivity index (χ2v) is 2.61.